The zero-order valence-electron chi connectivity index (χ0n) is 13.2. The zero-order valence-corrected chi connectivity index (χ0v) is 14.0. The van der Waals surface area contributed by atoms with E-state index in [1.54, 1.807) is 6.92 Å². The molecule has 6 nitrogen and oxygen atoms in total. The highest BCUT2D eigenvalue weighted by Gasteiger charge is 2.30. The summed E-state index contributed by atoms with van der Waals surface area (Å²) >= 11 is 0. The van der Waals surface area contributed by atoms with Crippen LogP contribution in [-0.2, 0) is 16.6 Å². The highest BCUT2D eigenvalue weighted by atomic mass is 32.2. The van der Waals surface area contributed by atoms with Gasteiger partial charge in [-0.2, -0.15) is 5.10 Å². The molecule has 1 fully saturated rings. The van der Waals surface area contributed by atoms with E-state index >= 15 is 0 Å². The minimum Gasteiger partial charge on any atom is -0.309 e. The topological polar surface area (TPSA) is 86.9 Å². The Morgan fingerprint density at radius 2 is 2.00 bits per heavy atom. The van der Waals surface area contributed by atoms with Crippen LogP contribution in [0.3, 0.4) is 0 Å². The minimum atomic E-state index is -3.51. The van der Waals surface area contributed by atoms with E-state index in [9.17, 15) is 8.42 Å². The zero-order chi connectivity index (χ0) is 15.6. The molecule has 1 atom stereocenters. The van der Waals surface area contributed by atoms with Crippen LogP contribution in [0, 0.1) is 18.8 Å². The lowest BCUT2D eigenvalue weighted by Crippen LogP contribution is -2.31. The SMILES string of the molecule is Cc1[nH]nc(CNC(C)C)c1S(=O)(=O)NCC(C)C1CC1. The fourth-order valence-electron chi connectivity index (χ4n) is 2.39. The number of aromatic amines is 1. The average Bonchev–Trinajstić information content (AvgIpc) is 3.17. The van der Waals surface area contributed by atoms with Gasteiger partial charge in [0.05, 0.1) is 11.4 Å². The van der Waals surface area contributed by atoms with Gasteiger partial charge in [0.25, 0.3) is 0 Å². The number of aryl methyl sites for hydroxylation is 1. The number of aromatic nitrogens is 2. The number of hydrogen-bond acceptors (Lipinski definition) is 4. The smallest absolute Gasteiger partial charge is 0.244 e. The molecule has 2 rings (SSSR count). The first-order valence-corrected chi connectivity index (χ1v) is 9.06. The second-order valence-corrected chi connectivity index (χ2v) is 8.03. The van der Waals surface area contributed by atoms with E-state index in [-0.39, 0.29) is 6.04 Å². The third-order valence-corrected chi connectivity index (χ3v) is 5.56. The number of nitrogens with one attached hydrogen (secondary N) is 3. The van der Waals surface area contributed by atoms with Crippen LogP contribution >= 0.6 is 0 Å². The molecule has 1 unspecified atom stereocenters. The molecule has 0 spiro atoms. The molecule has 1 aliphatic rings. The Morgan fingerprint density at radius 3 is 2.57 bits per heavy atom. The summed E-state index contributed by atoms with van der Waals surface area (Å²) in [6.07, 6.45) is 2.44. The molecule has 0 amide bonds. The lowest BCUT2D eigenvalue weighted by molar-refractivity contribution is 0.491. The first kappa shape index (κ1) is 16.5. The van der Waals surface area contributed by atoms with Crippen LogP contribution in [-0.4, -0.2) is 31.2 Å². The van der Waals surface area contributed by atoms with Crippen molar-refractivity contribution in [3.05, 3.63) is 11.4 Å². The van der Waals surface area contributed by atoms with Crippen molar-refractivity contribution >= 4 is 10.0 Å². The van der Waals surface area contributed by atoms with Gasteiger partial charge in [0.1, 0.15) is 4.90 Å². The van der Waals surface area contributed by atoms with Gasteiger partial charge in [0.15, 0.2) is 0 Å². The molecule has 0 bridgehead atoms. The van der Waals surface area contributed by atoms with Gasteiger partial charge >= 0.3 is 0 Å². The summed E-state index contributed by atoms with van der Waals surface area (Å²) in [5.74, 6) is 1.07. The van der Waals surface area contributed by atoms with E-state index in [4.69, 9.17) is 0 Å². The Morgan fingerprint density at radius 1 is 1.33 bits per heavy atom. The monoisotopic (exact) mass is 314 g/mol. The molecule has 0 aromatic carbocycles. The van der Waals surface area contributed by atoms with Gasteiger partial charge in [-0.1, -0.05) is 20.8 Å². The standard InChI is InChI=1S/C14H26N4O2S/c1-9(2)15-8-13-14(11(4)17-18-13)21(19,20)16-7-10(3)12-5-6-12/h9-10,12,15-16H,5-8H2,1-4H3,(H,17,18). The Labute approximate surface area is 127 Å². The molecule has 0 aliphatic heterocycles. The molecule has 7 heteroatoms. The van der Waals surface area contributed by atoms with Gasteiger partial charge in [-0.3, -0.25) is 5.10 Å². The average molecular weight is 314 g/mol. The van der Waals surface area contributed by atoms with E-state index in [1.807, 2.05) is 13.8 Å². The van der Waals surface area contributed by atoms with Crippen molar-refractivity contribution in [2.75, 3.05) is 6.54 Å². The van der Waals surface area contributed by atoms with E-state index in [1.165, 1.54) is 12.8 Å². The fourth-order valence-corrected chi connectivity index (χ4v) is 3.90. The second kappa shape index (κ2) is 6.46. The first-order valence-electron chi connectivity index (χ1n) is 7.58. The predicted molar refractivity (Wildman–Crippen MR) is 82.4 cm³/mol. The predicted octanol–water partition coefficient (Wildman–Crippen LogP) is 1.54. The van der Waals surface area contributed by atoms with Crippen molar-refractivity contribution in [2.24, 2.45) is 11.8 Å². The van der Waals surface area contributed by atoms with Crippen LogP contribution in [0.25, 0.3) is 0 Å². The maximum absolute atomic E-state index is 12.5. The Hall–Kier alpha value is -0.920. The van der Waals surface area contributed by atoms with E-state index in [0.717, 1.165) is 0 Å². The summed E-state index contributed by atoms with van der Waals surface area (Å²) in [5, 5.41) is 10.1. The molecule has 1 aromatic rings. The number of nitrogens with zero attached hydrogens (tertiary/aromatic N) is 1. The molecular weight excluding hydrogens is 288 g/mol. The number of rotatable bonds is 8. The molecule has 120 valence electrons. The van der Waals surface area contributed by atoms with Crippen LogP contribution in [0.2, 0.25) is 0 Å². The van der Waals surface area contributed by atoms with Crippen LogP contribution in [0.1, 0.15) is 45.0 Å². The second-order valence-electron chi connectivity index (χ2n) is 6.33. The highest BCUT2D eigenvalue weighted by Crippen LogP contribution is 2.36. The Kier molecular flexibility index (Phi) is 5.06. The van der Waals surface area contributed by atoms with Crippen molar-refractivity contribution in [1.82, 2.24) is 20.2 Å². The van der Waals surface area contributed by atoms with E-state index in [2.05, 4.69) is 27.2 Å². The van der Waals surface area contributed by atoms with E-state index in [0.29, 0.717) is 41.2 Å². The maximum atomic E-state index is 12.5. The molecule has 3 N–H and O–H groups in total. The summed E-state index contributed by atoms with van der Waals surface area (Å²) in [7, 11) is -3.51. The van der Waals surface area contributed by atoms with Crippen molar-refractivity contribution in [2.45, 2.75) is 58.0 Å². The molecule has 1 saturated carbocycles. The normalized spacial score (nSPS) is 17.4. The van der Waals surface area contributed by atoms with Crippen LogP contribution < -0.4 is 10.0 Å². The Bertz CT molecular complexity index is 576. The summed E-state index contributed by atoms with van der Waals surface area (Å²) < 4.78 is 27.8. The van der Waals surface area contributed by atoms with Gasteiger partial charge in [-0.15, -0.1) is 0 Å². The van der Waals surface area contributed by atoms with Crippen molar-refractivity contribution in [3.8, 4) is 0 Å². The van der Waals surface area contributed by atoms with Crippen molar-refractivity contribution in [3.63, 3.8) is 0 Å². The van der Waals surface area contributed by atoms with Gasteiger partial charge in [-0.05, 0) is 31.6 Å². The quantitative estimate of drug-likeness (QED) is 0.679. The number of sulfonamides is 1. The van der Waals surface area contributed by atoms with Crippen LogP contribution in [0.15, 0.2) is 4.90 Å². The molecule has 1 heterocycles. The van der Waals surface area contributed by atoms with Crippen molar-refractivity contribution < 1.29 is 8.42 Å². The van der Waals surface area contributed by atoms with Crippen LogP contribution in [0.4, 0.5) is 0 Å². The molecular formula is C14H26N4O2S. The Balaban J connectivity index is 2.08. The summed E-state index contributed by atoms with van der Waals surface area (Å²) in [5.41, 5.74) is 1.13. The molecule has 0 radical (unpaired) electrons. The summed E-state index contributed by atoms with van der Waals surface area (Å²) in [4.78, 5) is 0.290. The highest BCUT2D eigenvalue weighted by molar-refractivity contribution is 7.89. The third-order valence-electron chi connectivity index (χ3n) is 3.93. The molecule has 1 aromatic heterocycles. The number of hydrogen-bond donors (Lipinski definition) is 3. The maximum Gasteiger partial charge on any atom is 0.244 e. The van der Waals surface area contributed by atoms with Gasteiger partial charge in [0.2, 0.25) is 10.0 Å². The fraction of sp³-hybridized carbons (Fsp3) is 0.786. The lowest BCUT2D eigenvalue weighted by atomic mass is 10.1. The molecule has 0 saturated heterocycles. The minimum absolute atomic E-state index is 0.278. The number of H-pyrrole nitrogens is 1. The lowest BCUT2D eigenvalue weighted by Gasteiger charge is -2.13. The third kappa shape index (κ3) is 4.28. The van der Waals surface area contributed by atoms with E-state index < -0.39 is 10.0 Å². The summed E-state index contributed by atoms with van der Waals surface area (Å²) in [6, 6.07) is 0.278. The van der Waals surface area contributed by atoms with Crippen LogP contribution in [0.5, 0.6) is 0 Å². The first-order chi connectivity index (χ1) is 9.81. The molecule has 1 aliphatic carbocycles. The van der Waals surface area contributed by atoms with Gasteiger partial charge < -0.3 is 5.32 Å². The molecule has 21 heavy (non-hydrogen) atoms. The van der Waals surface area contributed by atoms with Gasteiger partial charge in [-0.25, -0.2) is 13.1 Å². The van der Waals surface area contributed by atoms with Crippen molar-refractivity contribution in [1.29, 1.82) is 0 Å². The largest absolute Gasteiger partial charge is 0.309 e. The summed E-state index contributed by atoms with van der Waals surface area (Å²) in [6.45, 7) is 8.81. The van der Waals surface area contributed by atoms with Gasteiger partial charge in [0, 0.05) is 19.1 Å².